The van der Waals surface area contributed by atoms with Crippen LogP contribution >= 0.6 is 11.6 Å². The minimum atomic E-state index is -0.0553. The highest BCUT2D eigenvalue weighted by Crippen LogP contribution is 2.10. The van der Waals surface area contributed by atoms with E-state index in [2.05, 4.69) is 10.6 Å². The van der Waals surface area contributed by atoms with Gasteiger partial charge in [0.15, 0.2) is 0 Å². The molecule has 2 amide bonds. The van der Waals surface area contributed by atoms with Crippen molar-refractivity contribution in [1.82, 2.24) is 10.6 Å². The molecule has 0 aliphatic heterocycles. The fraction of sp³-hybridized carbons (Fsp3) is 0.385. The normalized spacial score (nSPS) is 9.89. The molecule has 0 atom stereocenters. The number of hydrogen-bond donors (Lipinski definition) is 2. The molecule has 0 aliphatic rings. The first-order chi connectivity index (χ1) is 8.58. The van der Waals surface area contributed by atoms with E-state index in [1.165, 1.54) is 6.92 Å². The van der Waals surface area contributed by atoms with Gasteiger partial charge in [0.25, 0.3) is 0 Å². The van der Waals surface area contributed by atoms with Crippen LogP contribution in [0.25, 0.3) is 0 Å². The molecule has 0 spiro atoms. The van der Waals surface area contributed by atoms with E-state index >= 15 is 0 Å². The van der Waals surface area contributed by atoms with E-state index in [0.29, 0.717) is 24.5 Å². The molecule has 4 nitrogen and oxygen atoms in total. The first-order valence-corrected chi connectivity index (χ1v) is 6.21. The van der Waals surface area contributed by atoms with Crippen LogP contribution in [-0.2, 0) is 16.0 Å². The molecule has 0 heterocycles. The third-order valence-electron chi connectivity index (χ3n) is 2.30. The fourth-order valence-corrected chi connectivity index (χ4v) is 1.69. The lowest BCUT2D eigenvalue weighted by Crippen LogP contribution is -2.29. The summed E-state index contributed by atoms with van der Waals surface area (Å²) in [7, 11) is 0. The highest BCUT2D eigenvalue weighted by molar-refractivity contribution is 6.30. The number of halogens is 1. The van der Waals surface area contributed by atoms with Crippen LogP contribution in [0.15, 0.2) is 24.3 Å². The lowest BCUT2D eigenvalue weighted by Gasteiger charge is -2.06. The first kappa shape index (κ1) is 14.5. The Labute approximate surface area is 112 Å². The van der Waals surface area contributed by atoms with Crippen LogP contribution < -0.4 is 10.6 Å². The van der Waals surface area contributed by atoms with Gasteiger partial charge in [0.05, 0.1) is 6.42 Å². The number of hydrogen-bond acceptors (Lipinski definition) is 2. The van der Waals surface area contributed by atoms with Crippen LogP contribution in [0.5, 0.6) is 0 Å². The van der Waals surface area contributed by atoms with Gasteiger partial charge in [-0.1, -0.05) is 23.7 Å². The minimum Gasteiger partial charge on any atom is -0.356 e. The quantitative estimate of drug-likeness (QED) is 0.769. The molecule has 0 fully saturated rings. The Morgan fingerprint density at radius 2 is 1.94 bits per heavy atom. The maximum atomic E-state index is 11.6. The maximum absolute atomic E-state index is 11.6. The Balaban J connectivity index is 2.20. The third kappa shape index (κ3) is 6.25. The molecule has 0 saturated carbocycles. The van der Waals surface area contributed by atoms with Gasteiger partial charge in [0.2, 0.25) is 11.8 Å². The van der Waals surface area contributed by atoms with Crippen LogP contribution in [0, 0.1) is 0 Å². The summed E-state index contributed by atoms with van der Waals surface area (Å²) in [6.07, 6.45) is 1.04. The Morgan fingerprint density at radius 1 is 1.22 bits per heavy atom. The summed E-state index contributed by atoms with van der Waals surface area (Å²) in [4.78, 5) is 22.2. The van der Waals surface area contributed by atoms with Gasteiger partial charge in [-0.3, -0.25) is 9.59 Å². The molecule has 0 aromatic heterocycles. The maximum Gasteiger partial charge on any atom is 0.224 e. The molecular formula is C13H17ClN2O2. The molecule has 2 N–H and O–H groups in total. The second-order valence-corrected chi connectivity index (χ2v) is 4.43. The average molecular weight is 269 g/mol. The Morgan fingerprint density at radius 3 is 2.61 bits per heavy atom. The summed E-state index contributed by atoms with van der Waals surface area (Å²) in [6.45, 7) is 2.60. The van der Waals surface area contributed by atoms with E-state index < -0.39 is 0 Å². The topological polar surface area (TPSA) is 58.2 Å². The zero-order valence-corrected chi connectivity index (χ0v) is 11.1. The predicted octanol–water partition coefficient (Wildman–Crippen LogP) is 1.52. The van der Waals surface area contributed by atoms with Crippen LogP contribution in [0.4, 0.5) is 0 Å². The highest BCUT2D eigenvalue weighted by atomic mass is 35.5. The summed E-state index contributed by atoms with van der Waals surface area (Å²) >= 11 is 5.83. The smallest absolute Gasteiger partial charge is 0.224 e. The molecule has 0 saturated heterocycles. The van der Waals surface area contributed by atoms with Crippen molar-refractivity contribution < 1.29 is 9.59 Å². The number of nitrogens with one attached hydrogen (secondary N) is 2. The molecule has 0 aliphatic carbocycles. The van der Waals surface area contributed by atoms with E-state index in [9.17, 15) is 9.59 Å². The van der Waals surface area contributed by atoms with E-state index in [1.807, 2.05) is 12.1 Å². The van der Waals surface area contributed by atoms with Crippen LogP contribution in [-0.4, -0.2) is 24.9 Å². The molecule has 18 heavy (non-hydrogen) atoms. The van der Waals surface area contributed by atoms with Gasteiger partial charge in [-0.05, 0) is 24.1 Å². The Hall–Kier alpha value is -1.55. The summed E-state index contributed by atoms with van der Waals surface area (Å²) in [5, 5.41) is 6.09. The molecule has 5 heteroatoms. The van der Waals surface area contributed by atoms with Gasteiger partial charge in [-0.2, -0.15) is 0 Å². The van der Waals surface area contributed by atoms with Gasteiger partial charge < -0.3 is 10.6 Å². The number of amides is 2. The third-order valence-corrected chi connectivity index (χ3v) is 2.54. The van der Waals surface area contributed by atoms with E-state index in [4.69, 9.17) is 11.6 Å². The lowest BCUT2D eigenvalue weighted by molar-refractivity contribution is -0.120. The van der Waals surface area contributed by atoms with Gasteiger partial charge in [0.1, 0.15) is 0 Å². The SMILES string of the molecule is CC(=O)NCCCNC(=O)Cc1cccc(Cl)c1. The molecule has 0 bridgehead atoms. The van der Waals surface area contributed by atoms with Crippen LogP contribution in [0.2, 0.25) is 5.02 Å². The van der Waals surface area contributed by atoms with Gasteiger partial charge in [-0.15, -0.1) is 0 Å². The standard InChI is InChI=1S/C13H17ClN2O2/c1-10(17)15-6-3-7-16-13(18)9-11-4-2-5-12(14)8-11/h2,4-5,8H,3,6-7,9H2,1H3,(H,15,17)(H,16,18). The average Bonchev–Trinajstić information content (AvgIpc) is 2.28. The number of carbonyl (C=O) groups excluding carboxylic acids is 2. The molecule has 1 aromatic rings. The summed E-state index contributed by atoms with van der Waals surface area (Å²) in [5.41, 5.74) is 0.891. The van der Waals surface area contributed by atoms with Crippen molar-refractivity contribution in [3.63, 3.8) is 0 Å². The van der Waals surface area contributed by atoms with Crippen molar-refractivity contribution in [2.24, 2.45) is 0 Å². The van der Waals surface area contributed by atoms with Crippen LogP contribution in [0.3, 0.4) is 0 Å². The predicted molar refractivity (Wildman–Crippen MR) is 71.5 cm³/mol. The van der Waals surface area contributed by atoms with Gasteiger partial charge >= 0.3 is 0 Å². The first-order valence-electron chi connectivity index (χ1n) is 5.83. The second-order valence-electron chi connectivity index (χ2n) is 3.99. The Bertz CT molecular complexity index is 421. The summed E-state index contributed by atoms with van der Waals surface area (Å²) in [6, 6.07) is 7.24. The van der Waals surface area contributed by atoms with Gasteiger partial charge in [0, 0.05) is 25.0 Å². The lowest BCUT2D eigenvalue weighted by atomic mass is 10.1. The fourth-order valence-electron chi connectivity index (χ4n) is 1.48. The van der Waals surface area contributed by atoms with Crippen molar-refractivity contribution in [3.8, 4) is 0 Å². The van der Waals surface area contributed by atoms with Crippen molar-refractivity contribution in [3.05, 3.63) is 34.9 Å². The minimum absolute atomic E-state index is 0.0416. The van der Waals surface area contributed by atoms with E-state index in [1.54, 1.807) is 12.1 Å². The van der Waals surface area contributed by atoms with E-state index in [0.717, 1.165) is 12.0 Å². The Kier molecular flexibility index (Phi) is 6.22. The van der Waals surface area contributed by atoms with Crippen molar-refractivity contribution >= 4 is 23.4 Å². The largest absolute Gasteiger partial charge is 0.356 e. The molecule has 1 rings (SSSR count). The number of carbonyl (C=O) groups is 2. The molecule has 98 valence electrons. The zero-order chi connectivity index (χ0) is 13.4. The summed E-state index contributed by atoms with van der Waals surface area (Å²) in [5.74, 6) is -0.0969. The molecule has 0 unspecified atom stereocenters. The monoisotopic (exact) mass is 268 g/mol. The second kappa shape index (κ2) is 7.71. The van der Waals surface area contributed by atoms with Crippen molar-refractivity contribution in [1.29, 1.82) is 0 Å². The molecule has 1 aromatic carbocycles. The number of benzene rings is 1. The summed E-state index contributed by atoms with van der Waals surface area (Å²) < 4.78 is 0. The molecule has 0 radical (unpaired) electrons. The molecular weight excluding hydrogens is 252 g/mol. The highest BCUT2D eigenvalue weighted by Gasteiger charge is 2.03. The zero-order valence-electron chi connectivity index (χ0n) is 10.3. The van der Waals surface area contributed by atoms with Crippen molar-refractivity contribution in [2.75, 3.05) is 13.1 Å². The van der Waals surface area contributed by atoms with Crippen LogP contribution in [0.1, 0.15) is 18.9 Å². The van der Waals surface area contributed by atoms with Gasteiger partial charge in [-0.25, -0.2) is 0 Å². The van der Waals surface area contributed by atoms with E-state index in [-0.39, 0.29) is 11.8 Å². The van der Waals surface area contributed by atoms with Crippen molar-refractivity contribution in [2.45, 2.75) is 19.8 Å². The number of rotatable bonds is 6.